The van der Waals surface area contributed by atoms with E-state index >= 15 is 0 Å². The zero-order valence-corrected chi connectivity index (χ0v) is 10.0. The SMILES string of the molecule is Clc1nc(Cl)c2cc(-c3ccco3)ccc2n1. The van der Waals surface area contributed by atoms with E-state index in [0.29, 0.717) is 10.7 Å². The lowest BCUT2D eigenvalue weighted by Crippen LogP contribution is -1.87. The Morgan fingerprint density at radius 1 is 1.06 bits per heavy atom. The van der Waals surface area contributed by atoms with Gasteiger partial charge in [-0.05, 0) is 41.9 Å². The van der Waals surface area contributed by atoms with Gasteiger partial charge in [0.1, 0.15) is 10.9 Å². The van der Waals surface area contributed by atoms with Gasteiger partial charge in [0.2, 0.25) is 5.28 Å². The van der Waals surface area contributed by atoms with Gasteiger partial charge < -0.3 is 4.42 Å². The zero-order valence-electron chi connectivity index (χ0n) is 8.52. The lowest BCUT2D eigenvalue weighted by molar-refractivity contribution is 0.582. The molecule has 3 nitrogen and oxygen atoms in total. The number of hydrogen-bond donors (Lipinski definition) is 0. The molecule has 2 aromatic heterocycles. The second-order valence-corrected chi connectivity index (χ2v) is 4.19. The lowest BCUT2D eigenvalue weighted by Gasteiger charge is -2.02. The Labute approximate surface area is 107 Å². The highest BCUT2D eigenvalue weighted by Gasteiger charge is 2.07. The van der Waals surface area contributed by atoms with Crippen LogP contribution in [0.2, 0.25) is 10.4 Å². The fourth-order valence-corrected chi connectivity index (χ4v) is 2.11. The topological polar surface area (TPSA) is 38.9 Å². The van der Waals surface area contributed by atoms with E-state index in [1.807, 2.05) is 30.3 Å². The van der Waals surface area contributed by atoms with Crippen LogP contribution in [0.1, 0.15) is 0 Å². The maximum atomic E-state index is 6.03. The number of rotatable bonds is 1. The molecular weight excluding hydrogens is 259 g/mol. The Morgan fingerprint density at radius 2 is 1.94 bits per heavy atom. The largest absolute Gasteiger partial charge is 0.464 e. The van der Waals surface area contributed by atoms with E-state index < -0.39 is 0 Å². The summed E-state index contributed by atoms with van der Waals surface area (Å²) in [5, 5.41) is 1.24. The van der Waals surface area contributed by atoms with Crippen LogP contribution in [0, 0.1) is 0 Å². The van der Waals surface area contributed by atoms with Crippen molar-refractivity contribution in [2.24, 2.45) is 0 Å². The minimum atomic E-state index is 0.147. The van der Waals surface area contributed by atoms with Crippen molar-refractivity contribution in [3.63, 3.8) is 0 Å². The molecule has 5 heteroatoms. The molecule has 0 aliphatic carbocycles. The molecule has 0 N–H and O–H groups in total. The molecule has 0 atom stereocenters. The van der Waals surface area contributed by atoms with Crippen molar-refractivity contribution in [1.82, 2.24) is 9.97 Å². The number of benzene rings is 1. The molecule has 84 valence electrons. The van der Waals surface area contributed by atoms with Crippen LogP contribution in [0.5, 0.6) is 0 Å². The first kappa shape index (κ1) is 10.6. The summed E-state index contributed by atoms with van der Waals surface area (Å²) in [5.41, 5.74) is 1.64. The van der Waals surface area contributed by atoms with E-state index in [1.165, 1.54) is 0 Å². The van der Waals surface area contributed by atoms with Gasteiger partial charge in [0, 0.05) is 10.9 Å². The van der Waals surface area contributed by atoms with Crippen LogP contribution in [0.4, 0.5) is 0 Å². The summed E-state index contributed by atoms with van der Waals surface area (Å²) in [6.07, 6.45) is 1.62. The van der Waals surface area contributed by atoms with Gasteiger partial charge in [0.05, 0.1) is 11.8 Å². The van der Waals surface area contributed by atoms with Crippen LogP contribution in [0.15, 0.2) is 41.0 Å². The average molecular weight is 265 g/mol. The van der Waals surface area contributed by atoms with Crippen LogP contribution in [-0.4, -0.2) is 9.97 Å². The summed E-state index contributed by atoms with van der Waals surface area (Å²) in [4.78, 5) is 8.01. The highest BCUT2D eigenvalue weighted by molar-refractivity contribution is 6.35. The smallest absolute Gasteiger partial charge is 0.224 e. The first-order valence-electron chi connectivity index (χ1n) is 4.91. The number of halogens is 2. The molecule has 0 aliphatic heterocycles. The molecule has 0 saturated carbocycles. The monoisotopic (exact) mass is 264 g/mol. The van der Waals surface area contributed by atoms with E-state index in [9.17, 15) is 0 Å². The Balaban J connectivity index is 2.26. The molecule has 0 amide bonds. The number of aromatic nitrogens is 2. The summed E-state index contributed by atoms with van der Waals surface area (Å²) in [5.74, 6) is 0.776. The molecular formula is C12H6Cl2N2O. The van der Waals surface area contributed by atoms with Crippen molar-refractivity contribution in [1.29, 1.82) is 0 Å². The minimum Gasteiger partial charge on any atom is -0.464 e. The van der Waals surface area contributed by atoms with E-state index in [0.717, 1.165) is 16.7 Å². The lowest BCUT2D eigenvalue weighted by atomic mass is 10.1. The molecule has 3 aromatic rings. The first-order valence-corrected chi connectivity index (χ1v) is 5.66. The summed E-state index contributed by atoms with van der Waals surface area (Å²) in [6.45, 7) is 0. The van der Waals surface area contributed by atoms with Crippen molar-refractivity contribution in [3.8, 4) is 11.3 Å². The molecule has 0 aliphatic rings. The van der Waals surface area contributed by atoms with Crippen LogP contribution in [0.3, 0.4) is 0 Å². The molecule has 0 saturated heterocycles. The van der Waals surface area contributed by atoms with E-state index in [2.05, 4.69) is 9.97 Å². The van der Waals surface area contributed by atoms with Gasteiger partial charge in [-0.3, -0.25) is 0 Å². The van der Waals surface area contributed by atoms with E-state index in [4.69, 9.17) is 27.6 Å². The first-order chi connectivity index (χ1) is 8.24. The number of fused-ring (bicyclic) bond motifs is 1. The summed E-state index contributed by atoms with van der Waals surface area (Å²) < 4.78 is 5.32. The van der Waals surface area contributed by atoms with Gasteiger partial charge in [-0.25, -0.2) is 9.97 Å². The maximum Gasteiger partial charge on any atom is 0.224 e. The van der Waals surface area contributed by atoms with Gasteiger partial charge in [0.25, 0.3) is 0 Å². The summed E-state index contributed by atoms with van der Waals surface area (Å²) in [7, 11) is 0. The molecule has 0 bridgehead atoms. The molecule has 0 unspecified atom stereocenters. The normalized spacial score (nSPS) is 10.9. The predicted octanol–water partition coefficient (Wildman–Crippen LogP) is 4.20. The molecule has 3 rings (SSSR count). The Morgan fingerprint density at radius 3 is 2.71 bits per heavy atom. The standard InChI is InChI=1S/C12H6Cl2N2O/c13-11-8-6-7(10-2-1-5-17-10)3-4-9(8)15-12(14)16-11/h1-6H. The highest BCUT2D eigenvalue weighted by atomic mass is 35.5. The zero-order chi connectivity index (χ0) is 11.8. The Hall–Kier alpha value is -1.58. The van der Waals surface area contributed by atoms with Gasteiger partial charge in [-0.1, -0.05) is 11.6 Å². The molecule has 0 fully saturated rings. The second kappa shape index (κ2) is 4.02. The quantitative estimate of drug-likeness (QED) is 0.489. The van der Waals surface area contributed by atoms with Crippen molar-refractivity contribution in [2.75, 3.05) is 0 Å². The summed E-state index contributed by atoms with van der Waals surface area (Å²) >= 11 is 11.8. The number of furan rings is 1. The second-order valence-electron chi connectivity index (χ2n) is 3.49. The third-order valence-corrected chi connectivity index (χ3v) is 2.88. The molecule has 1 aromatic carbocycles. The van der Waals surface area contributed by atoms with Gasteiger partial charge in [0.15, 0.2) is 0 Å². The summed E-state index contributed by atoms with van der Waals surface area (Å²) in [6, 6.07) is 9.34. The maximum absolute atomic E-state index is 6.03. The highest BCUT2D eigenvalue weighted by Crippen LogP contribution is 2.28. The predicted molar refractivity (Wildman–Crippen MR) is 67.3 cm³/mol. The van der Waals surface area contributed by atoms with Gasteiger partial charge in [-0.2, -0.15) is 0 Å². The number of hydrogen-bond acceptors (Lipinski definition) is 3. The van der Waals surface area contributed by atoms with Crippen LogP contribution in [-0.2, 0) is 0 Å². The van der Waals surface area contributed by atoms with Gasteiger partial charge >= 0.3 is 0 Å². The van der Waals surface area contributed by atoms with Gasteiger partial charge in [-0.15, -0.1) is 0 Å². The van der Waals surface area contributed by atoms with E-state index in [-0.39, 0.29) is 5.28 Å². The molecule has 17 heavy (non-hydrogen) atoms. The van der Waals surface area contributed by atoms with Crippen molar-refractivity contribution in [3.05, 3.63) is 47.0 Å². The average Bonchev–Trinajstić information content (AvgIpc) is 2.82. The fraction of sp³-hybridized carbons (Fsp3) is 0. The van der Waals surface area contributed by atoms with E-state index in [1.54, 1.807) is 6.26 Å². The van der Waals surface area contributed by atoms with Crippen molar-refractivity contribution >= 4 is 34.1 Å². The van der Waals surface area contributed by atoms with Crippen molar-refractivity contribution < 1.29 is 4.42 Å². The third-order valence-electron chi connectivity index (χ3n) is 2.43. The van der Waals surface area contributed by atoms with Crippen LogP contribution < -0.4 is 0 Å². The minimum absolute atomic E-state index is 0.147. The fourth-order valence-electron chi connectivity index (χ4n) is 1.66. The molecule has 0 spiro atoms. The Bertz CT molecular complexity index is 680. The number of nitrogens with zero attached hydrogens (tertiary/aromatic N) is 2. The molecule has 0 radical (unpaired) electrons. The molecule has 2 heterocycles. The Kier molecular flexibility index (Phi) is 2.50. The van der Waals surface area contributed by atoms with Crippen LogP contribution >= 0.6 is 23.2 Å². The van der Waals surface area contributed by atoms with Crippen molar-refractivity contribution in [2.45, 2.75) is 0 Å². The van der Waals surface area contributed by atoms with Crippen LogP contribution in [0.25, 0.3) is 22.2 Å². The third kappa shape index (κ3) is 1.88.